The van der Waals surface area contributed by atoms with Gasteiger partial charge in [-0.25, -0.2) is 4.98 Å². The Morgan fingerprint density at radius 2 is 2.00 bits per heavy atom. The lowest BCUT2D eigenvalue weighted by molar-refractivity contribution is 0.616. The molecule has 0 radical (unpaired) electrons. The summed E-state index contributed by atoms with van der Waals surface area (Å²) in [6.07, 6.45) is 1.69. The first-order valence-electron chi connectivity index (χ1n) is 6.22. The van der Waals surface area contributed by atoms with Gasteiger partial charge in [-0.1, -0.05) is 24.3 Å². The lowest BCUT2D eigenvalue weighted by atomic mass is 10.2. The lowest BCUT2D eigenvalue weighted by Gasteiger charge is -1.91. The van der Waals surface area contributed by atoms with Gasteiger partial charge in [0.25, 0.3) is 0 Å². The summed E-state index contributed by atoms with van der Waals surface area (Å²) >= 11 is 0. The quantitative estimate of drug-likeness (QED) is 0.564. The molecule has 4 aromatic rings. The van der Waals surface area contributed by atoms with Crippen molar-refractivity contribution < 1.29 is 4.42 Å². The van der Waals surface area contributed by atoms with Gasteiger partial charge in [0.2, 0.25) is 0 Å². The molecule has 0 saturated carbocycles. The highest BCUT2D eigenvalue weighted by atomic mass is 16.3. The standard InChI is InChI=1S/C16H9N3O/c17-8-10-4-3-6-13-15(10)19-16(18-13)12-9-20-14-7-2-1-5-11(12)14/h1-7,9H,(H,18,19). The fraction of sp³-hybridized carbons (Fsp3) is 0. The zero-order chi connectivity index (χ0) is 13.5. The second kappa shape index (κ2) is 3.97. The van der Waals surface area contributed by atoms with E-state index in [1.165, 1.54) is 0 Å². The summed E-state index contributed by atoms with van der Waals surface area (Å²) < 4.78 is 5.53. The van der Waals surface area contributed by atoms with E-state index in [9.17, 15) is 0 Å². The van der Waals surface area contributed by atoms with E-state index in [2.05, 4.69) is 16.0 Å². The summed E-state index contributed by atoms with van der Waals surface area (Å²) in [4.78, 5) is 7.78. The molecule has 4 heteroatoms. The molecule has 2 aromatic heterocycles. The van der Waals surface area contributed by atoms with E-state index >= 15 is 0 Å². The monoisotopic (exact) mass is 259 g/mol. The summed E-state index contributed by atoms with van der Waals surface area (Å²) in [5, 5.41) is 10.1. The number of furan rings is 1. The van der Waals surface area contributed by atoms with Crippen LogP contribution in [-0.2, 0) is 0 Å². The lowest BCUT2D eigenvalue weighted by Crippen LogP contribution is -1.78. The molecule has 2 heterocycles. The van der Waals surface area contributed by atoms with Gasteiger partial charge < -0.3 is 9.40 Å². The van der Waals surface area contributed by atoms with Gasteiger partial charge in [-0.3, -0.25) is 0 Å². The number of hydrogen-bond donors (Lipinski definition) is 1. The third-order valence-corrected chi connectivity index (χ3v) is 3.37. The maximum atomic E-state index is 9.12. The molecule has 20 heavy (non-hydrogen) atoms. The molecule has 0 aliphatic heterocycles. The summed E-state index contributed by atoms with van der Waals surface area (Å²) in [5.74, 6) is 0.715. The van der Waals surface area contributed by atoms with Crippen molar-refractivity contribution in [2.75, 3.05) is 0 Å². The highest BCUT2D eigenvalue weighted by Crippen LogP contribution is 2.30. The number of hydrogen-bond acceptors (Lipinski definition) is 3. The van der Waals surface area contributed by atoms with Crippen LogP contribution in [-0.4, -0.2) is 9.97 Å². The average Bonchev–Trinajstić information content (AvgIpc) is 3.10. The van der Waals surface area contributed by atoms with Crippen molar-refractivity contribution in [1.82, 2.24) is 9.97 Å². The minimum Gasteiger partial charge on any atom is -0.464 e. The Morgan fingerprint density at radius 1 is 1.10 bits per heavy atom. The van der Waals surface area contributed by atoms with Crippen LogP contribution < -0.4 is 0 Å². The smallest absolute Gasteiger partial charge is 0.142 e. The number of nitrogens with zero attached hydrogens (tertiary/aromatic N) is 2. The second-order valence-corrected chi connectivity index (χ2v) is 4.54. The normalized spacial score (nSPS) is 10.9. The molecule has 1 N–H and O–H groups in total. The van der Waals surface area contributed by atoms with Crippen molar-refractivity contribution in [3.05, 3.63) is 54.3 Å². The third kappa shape index (κ3) is 1.44. The molecule has 0 amide bonds. The first-order valence-corrected chi connectivity index (χ1v) is 6.22. The Labute approximate surface area is 114 Å². The van der Waals surface area contributed by atoms with E-state index in [1.807, 2.05) is 36.4 Å². The van der Waals surface area contributed by atoms with Crippen LogP contribution in [0.5, 0.6) is 0 Å². The number of aromatic amines is 1. The van der Waals surface area contributed by atoms with Crippen LogP contribution in [0.15, 0.2) is 53.1 Å². The van der Waals surface area contributed by atoms with E-state index in [-0.39, 0.29) is 0 Å². The van der Waals surface area contributed by atoms with Crippen LogP contribution in [0, 0.1) is 11.3 Å². The molecule has 0 fully saturated rings. The highest BCUT2D eigenvalue weighted by Gasteiger charge is 2.13. The van der Waals surface area contributed by atoms with E-state index in [0.29, 0.717) is 16.9 Å². The highest BCUT2D eigenvalue weighted by molar-refractivity contribution is 5.94. The Hall–Kier alpha value is -3.06. The molecule has 4 rings (SSSR count). The van der Waals surface area contributed by atoms with Crippen molar-refractivity contribution in [1.29, 1.82) is 5.26 Å². The molecule has 0 saturated heterocycles. The van der Waals surface area contributed by atoms with Crippen molar-refractivity contribution in [3.8, 4) is 17.5 Å². The van der Waals surface area contributed by atoms with Gasteiger partial charge >= 0.3 is 0 Å². The van der Waals surface area contributed by atoms with E-state index < -0.39 is 0 Å². The molecule has 94 valence electrons. The zero-order valence-corrected chi connectivity index (χ0v) is 10.4. The number of H-pyrrole nitrogens is 1. The van der Waals surface area contributed by atoms with Crippen LogP contribution in [0.4, 0.5) is 0 Å². The molecular weight excluding hydrogens is 250 g/mol. The maximum Gasteiger partial charge on any atom is 0.142 e. The summed E-state index contributed by atoms with van der Waals surface area (Å²) in [5.41, 5.74) is 3.83. The largest absolute Gasteiger partial charge is 0.464 e. The number of fused-ring (bicyclic) bond motifs is 2. The van der Waals surface area contributed by atoms with Crippen LogP contribution in [0.2, 0.25) is 0 Å². The Bertz CT molecular complexity index is 972. The van der Waals surface area contributed by atoms with Gasteiger partial charge in [0.1, 0.15) is 29.3 Å². The molecule has 4 nitrogen and oxygen atoms in total. The Morgan fingerprint density at radius 3 is 2.90 bits per heavy atom. The Balaban J connectivity index is 2.01. The van der Waals surface area contributed by atoms with Crippen molar-refractivity contribution in [2.45, 2.75) is 0 Å². The fourth-order valence-electron chi connectivity index (χ4n) is 2.41. The Kier molecular flexibility index (Phi) is 2.15. The number of nitrogens with one attached hydrogen (secondary N) is 1. The average molecular weight is 259 g/mol. The summed E-state index contributed by atoms with van der Waals surface area (Å²) in [7, 11) is 0. The molecule has 0 unspecified atom stereocenters. The van der Waals surface area contributed by atoms with Crippen LogP contribution >= 0.6 is 0 Å². The molecule has 2 aromatic carbocycles. The minimum absolute atomic E-state index is 0.567. The predicted molar refractivity (Wildman–Crippen MR) is 76.0 cm³/mol. The van der Waals surface area contributed by atoms with Gasteiger partial charge in [-0.05, 0) is 18.2 Å². The number of imidazole rings is 1. The fourth-order valence-corrected chi connectivity index (χ4v) is 2.41. The van der Waals surface area contributed by atoms with Crippen LogP contribution in [0.3, 0.4) is 0 Å². The molecule has 0 aliphatic rings. The predicted octanol–water partition coefficient (Wildman–Crippen LogP) is 3.85. The number of rotatable bonds is 1. The topological polar surface area (TPSA) is 65.6 Å². The van der Waals surface area contributed by atoms with E-state index in [1.54, 1.807) is 12.3 Å². The number of nitriles is 1. The molecule has 0 bridgehead atoms. The zero-order valence-electron chi connectivity index (χ0n) is 10.4. The molecular formula is C16H9N3O. The minimum atomic E-state index is 0.567. The summed E-state index contributed by atoms with van der Waals surface area (Å²) in [6.45, 7) is 0. The maximum absolute atomic E-state index is 9.12. The SMILES string of the molecule is N#Cc1cccc2[nH]c(-c3coc4ccccc34)nc12. The van der Waals surface area contributed by atoms with E-state index in [0.717, 1.165) is 22.0 Å². The van der Waals surface area contributed by atoms with Gasteiger partial charge in [0, 0.05) is 5.39 Å². The number of benzene rings is 2. The van der Waals surface area contributed by atoms with Gasteiger partial charge in [-0.2, -0.15) is 5.26 Å². The third-order valence-electron chi connectivity index (χ3n) is 3.37. The van der Waals surface area contributed by atoms with Crippen molar-refractivity contribution in [3.63, 3.8) is 0 Å². The number of para-hydroxylation sites is 2. The van der Waals surface area contributed by atoms with Gasteiger partial charge in [0.15, 0.2) is 0 Å². The summed E-state index contributed by atoms with van der Waals surface area (Å²) in [6, 6.07) is 15.5. The number of aromatic nitrogens is 2. The second-order valence-electron chi connectivity index (χ2n) is 4.54. The first-order chi connectivity index (χ1) is 9.86. The van der Waals surface area contributed by atoms with Crippen LogP contribution in [0.1, 0.15) is 5.56 Å². The van der Waals surface area contributed by atoms with Crippen molar-refractivity contribution >= 4 is 22.0 Å². The molecule has 0 atom stereocenters. The first kappa shape index (κ1) is 10.8. The molecule has 0 spiro atoms. The van der Waals surface area contributed by atoms with E-state index in [4.69, 9.17) is 9.68 Å². The molecule has 0 aliphatic carbocycles. The van der Waals surface area contributed by atoms with Crippen LogP contribution in [0.25, 0.3) is 33.4 Å². The van der Waals surface area contributed by atoms with Gasteiger partial charge in [-0.15, -0.1) is 0 Å². The van der Waals surface area contributed by atoms with Crippen molar-refractivity contribution in [2.24, 2.45) is 0 Å². The van der Waals surface area contributed by atoms with Gasteiger partial charge in [0.05, 0.1) is 16.6 Å².